The van der Waals surface area contributed by atoms with Crippen LogP contribution in [0.25, 0.3) is 0 Å². The van der Waals surface area contributed by atoms with Crippen molar-refractivity contribution in [2.45, 2.75) is 45.2 Å². The van der Waals surface area contributed by atoms with Crippen molar-refractivity contribution < 1.29 is 4.79 Å². The second-order valence-corrected chi connectivity index (χ2v) is 8.13. The quantitative estimate of drug-likeness (QED) is 0.738. The SMILES string of the molecule is O=C(CC1CCCC1)Nc1ccc(N2Cc3ccc(Br)cc3C2)cc1. The second kappa shape index (κ2) is 7.20. The summed E-state index contributed by atoms with van der Waals surface area (Å²) in [7, 11) is 0. The predicted octanol–water partition coefficient (Wildman–Crippen LogP) is 5.49. The molecule has 4 heteroatoms. The Hall–Kier alpha value is -1.81. The van der Waals surface area contributed by atoms with Crippen LogP contribution < -0.4 is 10.2 Å². The van der Waals surface area contributed by atoms with Crippen LogP contribution >= 0.6 is 15.9 Å². The van der Waals surface area contributed by atoms with E-state index in [9.17, 15) is 4.79 Å². The summed E-state index contributed by atoms with van der Waals surface area (Å²) >= 11 is 3.55. The van der Waals surface area contributed by atoms with Gasteiger partial charge in [-0.15, -0.1) is 0 Å². The molecule has 25 heavy (non-hydrogen) atoms. The number of hydrogen-bond donors (Lipinski definition) is 1. The molecule has 130 valence electrons. The Labute approximate surface area is 157 Å². The number of carbonyl (C=O) groups is 1. The Morgan fingerprint density at radius 1 is 1.04 bits per heavy atom. The van der Waals surface area contributed by atoms with Crippen LogP contribution in [0.2, 0.25) is 0 Å². The standard InChI is InChI=1S/C21H23BrN2O/c22-18-6-5-16-13-24(14-17(16)12-18)20-9-7-19(8-10-20)23-21(25)11-15-3-1-2-4-15/h5-10,12,15H,1-4,11,13-14H2,(H,23,25). The smallest absolute Gasteiger partial charge is 0.224 e. The van der Waals surface area contributed by atoms with E-state index >= 15 is 0 Å². The maximum atomic E-state index is 12.2. The molecule has 0 saturated heterocycles. The Bertz CT molecular complexity index is 766. The number of hydrogen-bond acceptors (Lipinski definition) is 2. The number of fused-ring (bicyclic) bond motifs is 1. The van der Waals surface area contributed by atoms with E-state index < -0.39 is 0 Å². The summed E-state index contributed by atoms with van der Waals surface area (Å²) in [6, 6.07) is 14.7. The molecular weight excluding hydrogens is 376 g/mol. The van der Waals surface area contributed by atoms with E-state index in [0.717, 1.165) is 23.2 Å². The van der Waals surface area contributed by atoms with E-state index in [2.05, 4.69) is 56.5 Å². The van der Waals surface area contributed by atoms with Gasteiger partial charge in [0.05, 0.1) is 0 Å². The molecule has 2 aromatic carbocycles. The molecule has 0 atom stereocenters. The molecule has 1 N–H and O–H groups in total. The minimum atomic E-state index is 0.151. The lowest BCUT2D eigenvalue weighted by molar-refractivity contribution is -0.117. The summed E-state index contributed by atoms with van der Waals surface area (Å²) in [4.78, 5) is 14.5. The van der Waals surface area contributed by atoms with Crippen molar-refractivity contribution in [1.29, 1.82) is 0 Å². The van der Waals surface area contributed by atoms with Crippen molar-refractivity contribution in [2.24, 2.45) is 5.92 Å². The van der Waals surface area contributed by atoms with E-state index in [4.69, 9.17) is 0 Å². The molecule has 2 aliphatic rings. The summed E-state index contributed by atoms with van der Waals surface area (Å²) in [5.41, 5.74) is 4.85. The zero-order valence-corrected chi connectivity index (χ0v) is 15.9. The fourth-order valence-corrected chi connectivity index (χ4v) is 4.40. The molecule has 0 bridgehead atoms. The fraction of sp³-hybridized carbons (Fsp3) is 0.381. The Morgan fingerprint density at radius 2 is 1.76 bits per heavy atom. The lowest BCUT2D eigenvalue weighted by Crippen LogP contribution is -2.16. The average Bonchev–Trinajstić information content (AvgIpc) is 3.24. The normalized spacial score (nSPS) is 16.9. The molecule has 0 radical (unpaired) electrons. The number of carbonyl (C=O) groups excluding carboxylic acids is 1. The highest BCUT2D eigenvalue weighted by Gasteiger charge is 2.20. The maximum absolute atomic E-state index is 12.2. The van der Waals surface area contributed by atoms with Gasteiger partial charge in [0, 0.05) is 35.4 Å². The molecule has 1 amide bonds. The minimum Gasteiger partial charge on any atom is -0.363 e. The number of halogens is 1. The van der Waals surface area contributed by atoms with Crippen molar-refractivity contribution in [3.05, 3.63) is 58.1 Å². The van der Waals surface area contributed by atoms with Crippen molar-refractivity contribution >= 4 is 33.2 Å². The zero-order chi connectivity index (χ0) is 17.2. The van der Waals surface area contributed by atoms with Crippen LogP contribution in [0.5, 0.6) is 0 Å². The lowest BCUT2D eigenvalue weighted by atomic mass is 10.0. The number of anilines is 2. The number of benzene rings is 2. The molecule has 0 unspecified atom stereocenters. The average molecular weight is 399 g/mol. The Morgan fingerprint density at radius 3 is 2.52 bits per heavy atom. The van der Waals surface area contributed by atoms with Gasteiger partial charge in [-0.2, -0.15) is 0 Å². The number of nitrogens with zero attached hydrogens (tertiary/aromatic N) is 1. The summed E-state index contributed by atoms with van der Waals surface area (Å²) in [5, 5.41) is 3.05. The second-order valence-electron chi connectivity index (χ2n) is 7.22. The summed E-state index contributed by atoms with van der Waals surface area (Å²) < 4.78 is 1.13. The topological polar surface area (TPSA) is 32.3 Å². The maximum Gasteiger partial charge on any atom is 0.224 e. The van der Waals surface area contributed by atoms with Gasteiger partial charge in [-0.1, -0.05) is 34.8 Å². The first-order valence-corrected chi connectivity index (χ1v) is 9.89. The van der Waals surface area contributed by atoms with Crippen molar-refractivity contribution in [3.63, 3.8) is 0 Å². The van der Waals surface area contributed by atoms with E-state index in [1.807, 2.05) is 12.1 Å². The highest BCUT2D eigenvalue weighted by atomic mass is 79.9. The van der Waals surface area contributed by atoms with Crippen LogP contribution in [0.15, 0.2) is 46.9 Å². The molecule has 1 saturated carbocycles. The van der Waals surface area contributed by atoms with Gasteiger partial charge in [0.25, 0.3) is 0 Å². The van der Waals surface area contributed by atoms with Crippen LogP contribution in [0.4, 0.5) is 11.4 Å². The first-order valence-electron chi connectivity index (χ1n) is 9.09. The first kappa shape index (κ1) is 16.6. The van der Waals surface area contributed by atoms with E-state index in [1.54, 1.807) is 0 Å². The van der Waals surface area contributed by atoms with Gasteiger partial charge in [-0.3, -0.25) is 4.79 Å². The van der Waals surface area contributed by atoms with Gasteiger partial charge in [0.1, 0.15) is 0 Å². The van der Waals surface area contributed by atoms with Gasteiger partial charge in [-0.05, 0) is 66.3 Å². The minimum absolute atomic E-state index is 0.151. The van der Waals surface area contributed by atoms with Gasteiger partial charge in [0.2, 0.25) is 5.91 Å². The highest BCUT2D eigenvalue weighted by molar-refractivity contribution is 9.10. The van der Waals surface area contributed by atoms with Crippen molar-refractivity contribution in [2.75, 3.05) is 10.2 Å². The van der Waals surface area contributed by atoms with Gasteiger partial charge < -0.3 is 10.2 Å². The summed E-state index contributed by atoms with van der Waals surface area (Å²) in [6.07, 6.45) is 5.64. The zero-order valence-electron chi connectivity index (χ0n) is 14.3. The Balaban J connectivity index is 1.37. The van der Waals surface area contributed by atoms with Crippen LogP contribution in [0.1, 0.15) is 43.2 Å². The monoisotopic (exact) mass is 398 g/mol. The number of rotatable bonds is 4. The molecule has 1 fully saturated rings. The lowest BCUT2D eigenvalue weighted by Gasteiger charge is -2.18. The summed E-state index contributed by atoms with van der Waals surface area (Å²) in [6.45, 7) is 1.87. The molecule has 4 rings (SSSR count). The van der Waals surface area contributed by atoms with Gasteiger partial charge in [0.15, 0.2) is 0 Å². The van der Waals surface area contributed by atoms with Crippen molar-refractivity contribution in [3.8, 4) is 0 Å². The van der Waals surface area contributed by atoms with E-state index in [-0.39, 0.29) is 5.91 Å². The first-order chi connectivity index (χ1) is 12.2. The molecular formula is C21H23BrN2O. The Kier molecular flexibility index (Phi) is 4.80. The molecule has 3 nitrogen and oxygen atoms in total. The molecule has 2 aromatic rings. The largest absolute Gasteiger partial charge is 0.363 e. The molecule has 0 spiro atoms. The highest BCUT2D eigenvalue weighted by Crippen LogP contribution is 2.31. The number of nitrogens with one attached hydrogen (secondary N) is 1. The van der Waals surface area contributed by atoms with Crippen LogP contribution in [-0.4, -0.2) is 5.91 Å². The molecule has 0 aromatic heterocycles. The molecule has 1 aliphatic heterocycles. The third-order valence-electron chi connectivity index (χ3n) is 5.36. The van der Waals surface area contributed by atoms with Crippen LogP contribution in [0, 0.1) is 5.92 Å². The third kappa shape index (κ3) is 3.90. The third-order valence-corrected chi connectivity index (χ3v) is 5.85. The van der Waals surface area contributed by atoms with Gasteiger partial charge >= 0.3 is 0 Å². The van der Waals surface area contributed by atoms with Crippen molar-refractivity contribution in [1.82, 2.24) is 0 Å². The predicted molar refractivity (Wildman–Crippen MR) is 106 cm³/mol. The van der Waals surface area contributed by atoms with Crippen LogP contribution in [0.3, 0.4) is 0 Å². The van der Waals surface area contributed by atoms with E-state index in [0.29, 0.717) is 12.3 Å². The fourth-order valence-electron chi connectivity index (χ4n) is 3.99. The molecule has 1 aliphatic carbocycles. The number of amides is 1. The summed E-state index contributed by atoms with van der Waals surface area (Å²) in [5.74, 6) is 0.736. The van der Waals surface area contributed by atoms with Gasteiger partial charge in [-0.25, -0.2) is 0 Å². The van der Waals surface area contributed by atoms with E-state index in [1.165, 1.54) is 42.5 Å². The van der Waals surface area contributed by atoms with Crippen LogP contribution in [-0.2, 0) is 17.9 Å². The molecule has 1 heterocycles.